The molecular formula is C17H17F3N2O3S. The van der Waals surface area contributed by atoms with Crippen LogP contribution in [0.1, 0.15) is 16.7 Å². The van der Waals surface area contributed by atoms with Crippen molar-refractivity contribution in [1.29, 1.82) is 0 Å². The number of sulfonamides is 1. The molecular weight excluding hydrogens is 369 g/mol. The summed E-state index contributed by atoms with van der Waals surface area (Å²) in [6.07, 6.45) is -1.77. The molecule has 2 rings (SSSR count). The normalized spacial score (nSPS) is 12.5. The Morgan fingerprint density at radius 2 is 1.88 bits per heavy atom. The zero-order valence-corrected chi connectivity index (χ0v) is 14.6. The molecule has 0 spiro atoms. The minimum absolute atomic E-state index is 0.106. The van der Waals surface area contributed by atoms with Crippen molar-refractivity contribution in [2.24, 2.45) is 0 Å². The summed E-state index contributed by atoms with van der Waals surface area (Å²) in [5.74, 6) is -0.228. The molecule has 0 amide bonds. The Morgan fingerprint density at radius 3 is 2.54 bits per heavy atom. The number of aromatic nitrogens is 1. The number of rotatable bonds is 7. The minimum Gasteiger partial charge on any atom is -0.468 e. The number of alkyl halides is 3. The van der Waals surface area contributed by atoms with E-state index in [0.717, 1.165) is 16.5 Å². The number of ether oxygens (including phenoxy) is 1. The highest BCUT2D eigenvalue weighted by molar-refractivity contribution is 7.92. The van der Waals surface area contributed by atoms with Gasteiger partial charge in [-0.3, -0.25) is 0 Å². The third kappa shape index (κ3) is 7.24. The van der Waals surface area contributed by atoms with Crippen molar-refractivity contribution in [1.82, 2.24) is 9.71 Å². The van der Waals surface area contributed by atoms with E-state index in [4.69, 9.17) is 0 Å². The number of benzene rings is 1. The first-order valence-corrected chi connectivity index (χ1v) is 9.06. The van der Waals surface area contributed by atoms with Crippen LogP contribution in [0.3, 0.4) is 0 Å². The molecule has 0 bridgehead atoms. The van der Waals surface area contributed by atoms with Crippen LogP contribution in [0.25, 0.3) is 6.08 Å². The van der Waals surface area contributed by atoms with Crippen LogP contribution in [0.2, 0.25) is 0 Å². The number of nitrogens with zero attached hydrogens (tertiary/aromatic N) is 1. The molecule has 1 aromatic heterocycles. The molecule has 0 atom stereocenters. The van der Waals surface area contributed by atoms with Crippen LogP contribution in [0.4, 0.5) is 13.2 Å². The molecule has 0 fully saturated rings. The first-order valence-electron chi connectivity index (χ1n) is 7.52. The predicted molar refractivity (Wildman–Crippen MR) is 91.8 cm³/mol. The van der Waals surface area contributed by atoms with Gasteiger partial charge in [-0.05, 0) is 30.2 Å². The lowest BCUT2D eigenvalue weighted by Crippen LogP contribution is -2.21. The highest BCUT2D eigenvalue weighted by Gasteiger charge is 2.28. The fourth-order valence-electron chi connectivity index (χ4n) is 1.87. The van der Waals surface area contributed by atoms with Crippen molar-refractivity contribution in [2.45, 2.75) is 19.6 Å². The van der Waals surface area contributed by atoms with Crippen LogP contribution in [-0.4, -0.2) is 26.2 Å². The van der Waals surface area contributed by atoms with E-state index in [1.807, 2.05) is 19.1 Å². The van der Waals surface area contributed by atoms with Crippen LogP contribution < -0.4 is 9.46 Å². The van der Waals surface area contributed by atoms with Gasteiger partial charge in [-0.1, -0.05) is 29.8 Å². The molecule has 9 heteroatoms. The molecule has 0 aliphatic heterocycles. The van der Waals surface area contributed by atoms with Gasteiger partial charge in [-0.2, -0.15) is 13.2 Å². The Labute approximate surface area is 149 Å². The van der Waals surface area contributed by atoms with Gasteiger partial charge in [-0.15, -0.1) is 0 Å². The summed E-state index contributed by atoms with van der Waals surface area (Å²) in [6, 6.07) is 10.0. The maximum atomic E-state index is 12.1. The number of nitrogens with one attached hydrogen (secondary N) is 1. The second kappa shape index (κ2) is 8.33. The van der Waals surface area contributed by atoms with Gasteiger partial charge in [0.2, 0.25) is 15.9 Å². The summed E-state index contributed by atoms with van der Waals surface area (Å²) in [6.45, 7) is 0.354. The first-order chi connectivity index (χ1) is 12.1. The average molecular weight is 386 g/mol. The van der Waals surface area contributed by atoms with E-state index in [2.05, 4.69) is 14.4 Å². The summed E-state index contributed by atoms with van der Waals surface area (Å²) in [5.41, 5.74) is 2.21. The third-order valence-electron chi connectivity index (χ3n) is 3.18. The zero-order chi connectivity index (χ0) is 19.2. The predicted octanol–water partition coefficient (Wildman–Crippen LogP) is 3.42. The van der Waals surface area contributed by atoms with E-state index >= 15 is 0 Å². The van der Waals surface area contributed by atoms with Crippen molar-refractivity contribution < 1.29 is 26.3 Å². The molecule has 26 heavy (non-hydrogen) atoms. The summed E-state index contributed by atoms with van der Waals surface area (Å²) >= 11 is 0. The number of pyridine rings is 1. The Morgan fingerprint density at radius 1 is 1.19 bits per heavy atom. The average Bonchev–Trinajstić information content (AvgIpc) is 2.58. The Kier molecular flexibility index (Phi) is 6.38. The number of hydrogen-bond acceptors (Lipinski definition) is 4. The Balaban J connectivity index is 1.95. The van der Waals surface area contributed by atoms with Gasteiger partial charge in [0.15, 0.2) is 6.61 Å². The molecule has 2 aromatic rings. The van der Waals surface area contributed by atoms with Crippen LogP contribution >= 0.6 is 0 Å². The molecule has 0 aliphatic carbocycles. The minimum atomic E-state index is -4.47. The Bertz CT molecular complexity index is 864. The lowest BCUT2D eigenvalue weighted by atomic mass is 10.2. The van der Waals surface area contributed by atoms with E-state index in [9.17, 15) is 21.6 Å². The smallest absolute Gasteiger partial charge is 0.422 e. The van der Waals surface area contributed by atoms with Crippen molar-refractivity contribution in [3.05, 3.63) is 64.7 Å². The monoisotopic (exact) mass is 386 g/mol. The van der Waals surface area contributed by atoms with Crippen LogP contribution in [-0.2, 0) is 16.6 Å². The van der Waals surface area contributed by atoms with E-state index in [1.54, 1.807) is 12.1 Å². The molecule has 0 saturated heterocycles. The van der Waals surface area contributed by atoms with Gasteiger partial charge in [0, 0.05) is 24.2 Å². The molecule has 1 N–H and O–H groups in total. The summed E-state index contributed by atoms with van der Waals surface area (Å²) in [5, 5.41) is 1.03. The van der Waals surface area contributed by atoms with E-state index in [0.29, 0.717) is 5.56 Å². The number of aryl methyl sites for hydroxylation is 1. The fraction of sp³-hybridized carbons (Fsp3) is 0.235. The van der Waals surface area contributed by atoms with Gasteiger partial charge in [0.1, 0.15) is 0 Å². The third-order valence-corrected chi connectivity index (χ3v) is 4.22. The molecule has 0 unspecified atom stereocenters. The SMILES string of the molecule is Cc1ccc(C=CS(=O)(=O)NCc2ccnc(OCC(F)(F)F)c2)cc1. The topological polar surface area (TPSA) is 68.3 Å². The second-order valence-electron chi connectivity index (χ2n) is 5.49. The first kappa shape index (κ1) is 19.9. The quantitative estimate of drug-likeness (QED) is 0.792. The number of hydrogen-bond donors (Lipinski definition) is 1. The second-order valence-corrected chi connectivity index (χ2v) is 7.14. The molecule has 1 heterocycles. The van der Waals surface area contributed by atoms with Crippen molar-refractivity contribution >= 4 is 16.1 Å². The molecule has 0 radical (unpaired) electrons. The number of halogens is 3. The standard InChI is InChI=1S/C17H17F3N2O3S/c1-13-2-4-14(5-3-13)7-9-26(23,24)22-11-15-6-8-21-16(10-15)25-12-17(18,19)20/h2-10,22H,11-12H2,1H3. The lowest BCUT2D eigenvalue weighted by molar-refractivity contribution is -0.154. The van der Waals surface area contributed by atoms with Crippen LogP contribution in [0, 0.1) is 6.92 Å². The molecule has 1 aromatic carbocycles. The van der Waals surface area contributed by atoms with Crippen molar-refractivity contribution in [2.75, 3.05) is 6.61 Å². The lowest BCUT2D eigenvalue weighted by Gasteiger charge is -2.09. The Hall–Kier alpha value is -2.39. The highest BCUT2D eigenvalue weighted by Crippen LogP contribution is 2.17. The fourth-order valence-corrected chi connectivity index (χ4v) is 2.67. The van der Waals surface area contributed by atoms with Crippen LogP contribution in [0.5, 0.6) is 5.88 Å². The van der Waals surface area contributed by atoms with Gasteiger partial charge in [-0.25, -0.2) is 18.1 Å². The summed E-state index contributed by atoms with van der Waals surface area (Å²) in [4.78, 5) is 3.66. The molecule has 140 valence electrons. The summed E-state index contributed by atoms with van der Waals surface area (Å²) < 4.78 is 67.3. The van der Waals surface area contributed by atoms with E-state index in [1.165, 1.54) is 24.4 Å². The maximum Gasteiger partial charge on any atom is 0.422 e. The molecule has 0 saturated carbocycles. The highest BCUT2D eigenvalue weighted by atomic mass is 32.2. The van der Waals surface area contributed by atoms with Crippen molar-refractivity contribution in [3.8, 4) is 5.88 Å². The van der Waals surface area contributed by atoms with Gasteiger partial charge in [0.05, 0.1) is 0 Å². The van der Waals surface area contributed by atoms with E-state index < -0.39 is 22.8 Å². The van der Waals surface area contributed by atoms with Gasteiger partial charge >= 0.3 is 6.18 Å². The molecule has 0 aliphatic rings. The van der Waals surface area contributed by atoms with E-state index in [-0.39, 0.29) is 12.4 Å². The van der Waals surface area contributed by atoms with Gasteiger partial charge < -0.3 is 4.74 Å². The zero-order valence-electron chi connectivity index (χ0n) is 13.8. The van der Waals surface area contributed by atoms with Crippen LogP contribution in [0.15, 0.2) is 48.0 Å². The molecule has 5 nitrogen and oxygen atoms in total. The van der Waals surface area contributed by atoms with Gasteiger partial charge in [0.25, 0.3) is 0 Å². The van der Waals surface area contributed by atoms with Crippen molar-refractivity contribution in [3.63, 3.8) is 0 Å². The largest absolute Gasteiger partial charge is 0.468 e. The summed E-state index contributed by atoms with van der Waals surface area (Å²) in [7, 11) is -3.71. The maximum absolute atomic E-state index is 12.1.